The number of benzene rings is 8. The van der Waals surface area contributed by atoms with Crippen molar-refractivity contribution in [2.75, 3.05) is 0 Å². The molecule has 0 saturated heterocycles. The Balaban J connectivity index is 1.16. The number of hydrogen-bond acceptors (Lipinski definition) is 3. The smallest absolute Gasteiger partial charge is 0.135 e. The summed E-state index contributed by atoms with van der Waals surface area (Å²) in [5.74, 6) is 0. The van der Waals surface area contributed by atoms with Gasteiger partial charge in [0, 0.05) is 27.5 Å². The highest BCUT2D eigenvalue weighted by atomic mass is 16.3. The molecule has 3 nitrogen and oxygen atoms in total. The van der Waals surface area contributed by atoms with Crippen molar-refractivity contribution in [1.29, 1.82) is 0 Å². The van der Waals surface area contributed by atoms with E-state index in [1.165, 1.54) is 32.3 Å². The molecule has 0 saturated carbocycles. The third-order valence-electron chi connectivity index (χ3n) is 9.71. The zero-order valence-electron chi connectivity index (χ0n) is 26.5. The normalized spacial score (nSPS) is 11.7. The summed E-state index contributed by atoms with van der Waals surface area (Å²) >= 11 is 0. The van der Waals surface area contributed by atoms with Gasteiger partial charge < -0.3 is 4.42 Å². The fourth-order valence-corrected chi connectivity index (χ4v) is 7.36. The second-order valence-electron chi connectivity index (χ2n) is 12.6. The summed E-state index contributed by atoms with van der Waals surface area (Å²) in [7, 11) is 0. The number of aromatic nitrogens is 2. The molecule has 228 valence electrons. The van der Waals surface area contributed by atoms with Gasteiger partial charge in [0.05, 0.1) is 23.3 Å². The molecule has 0 unspecified atom stereocenters. The average molecular weight is 625 g/mol. The van der Waals surface area contributed by atoms with E-state index in [1.807, 2.05) is 42.6 Å². The van der Waals surface area contributed by atoms with Gasteiger partial charge in [0.25, 0.3) is 0 Å². The van der Waals surface area contributed by atoms with E-state index in [-0.39, 0.29) is 0 Å². The fourth-order valence-electron chi connectivity index (χ4n) is 7.36. The molecule has 2 heterocycles. The molecule has 0 amide bonds. The lowest BCUT2D eigenvalue weighted by Crippen LogP contribution is -1.96. The monoisotopic (exact) mass is 624 g/mol. The molecular formula is C46H28N2O. The van der Waals surface area contributed by atoms with Gasteiger partial charge in [-0.15, -0.1) is 0 Å². The van der Waals surface area contributed by atoms with Crippen molar-refractivity contribution in [2.24, 2.45) is 0 Å². The Hall–Kier alpha value is -6.58. The summed E-state index contributed by atoms with van der Waals surface area (Å²) in [5, 5.41) is 9.77. The van der Waals surface area contributed by atoms with Gasteiger partial charge in [-0.25, -0.2) is 4.98 Å². The van der Waals surface area contributed by atoms with E-state index >= 15 is 0 Å². The third-order valence-corrected chi connectivity index (χ3v) is 9.71. The summed E-state index contributed by atoms with van der Waals surface area (Å²) in [5.41, 5.74) is 9.58. The van der Waals surface area contributed by atoms with Gasteiger partial charge in [-0.2, -0.15) is 0 Å². The second-order valence-corrected chi connectivity index (χ2v) is 12.6. The number of rotatable bonds is 4. The molecule has 10 rings (SSSR count). The molecule has 0 radical (unpaired) electrons. The Morgan fingerprint density at radius 2 is 0.857 bits per heavy atom. The molecule has 3 heteroatoms. The zero-order chi connectivity index (χ0) is 32.3. The van der Waals surface area contributed by atoms with Crippen molar-refractivity contribution in [1.82, 2.24) is 9.97 Å². The number of nitrogens with zero attached hydrogens (tertiary/aromatic N) is 2. The Bertz CT molecular complexity index is 2850. The largest absolute Gasteiger partial charge is 0.456 e. The maximum Gasteiger partial charge on any atom is 0.135 e. The van der Waals surface area contributed by atoms with Crippen LogP contribution in [0.4, 0.5) is 0 Å². The van der Waals surface area contributed by atoms with E-state index in [4.69, 9.17) is 14.4 Å². The van der Waals surface area contributed by atoms with Gasteiger partial charge in [-0.05, 0) is 79.8 Å². The van der Waals surface area contributed by atoms with Crippen LogP contribution in [0, 0.1) is 0 Å². The Kier molecular flexibility index (Phi) is 6.18. The predicted octanol–water partition coefficient (Wildman–Crippen LogP) is 12.5. The SMILES string of the molecule is c1ccc(-c2cnc(-c3cccc(-c4ccc5c6ccccc6c6ccccc6c5c4)c3)c(-c3ccc4oc5ccccc5c4c3)n2)cc1. The first kappa shape index (κ1) is 27.5. The third kappa shape index (κ3) is 4.51. The van der Waals surface area contributed by atoms with E-state index in [9.17, 15) is 0 Å². The molecule has 0 bridgehead atoms. The van der Waals surface area contributed by atoms with Crippen molar-refractivity contribution in [3.8, 4) is 44.9 Å². The standard InChI is InChI=1S/C46H28N2O/c1-2-11-29(12-3-1)42-28-47-45(46(48-42)33-22-24-44-41(27-33)39-19-8-9-20-43(39)49-44)32-14-10-13-30(25-32)31-21-23-38-36-17-5-4-15-34(36)35-16-6-7-18-37(35)40(38)26-31/h1-28H. The van der Waals surface area contributed by atoms with Crippen LogP contribution in [0.5, 0.6) is 0 Å². The minimum Gasteiger partial charge on any atom is -0.456 e. The van der Waals surface area contributed by atoms with Crippen LogP contribution in [-0.4, -0.2) is 9.97 Å². The second kappa shape index (κ2) is 11.0. The average Bonchev–Trinajstić information content (AvgIpc) is 3.56. The summed E-state index contributed by atoms with van der Waals surface area (Å²) in [6.07, 6.45) is 1.89. The molecular weight excluding hydrogens is 597 g/mol. The predicted molar refractivity (Wildman–Crippen MR) is 204 cm³/mol. The molecule has 0 atom stereocenters. The summed E-state index contributed by atoms with van der Waals surface area (Å²) in [4.78, 5) is 10.4. The number of furan rings is 1. The molecule has 8 aromatic carbocycles. The van der Waals surface area contributed by atoms with Crippen molar-refractivity contribution in [3.63, 3.8) is 0 Å². The van der Waals surface area contributed by atoms with Crippen molar-refractivity contribution < 1.29 is 4.42 Å². The highest BCUT2D eigenvalue weighted by molar-refractivity contribution is 6.25. The van der Waals surface area contributed by atoms with Crippen LogP contribution < -0.4 is 0 Å². The Morgan fingerprint density at radius 1 is 0.327 bits per heavy atom. The van der Waals surface area contributed by atoms with E-state index in [0.29, 0.717) is 0 Å². The van der Waals surface area contributed by atoms with E-state index < -0.39 is 0 Å². The first-order valence-electron chi connectivity index (χ1n) is 16.6. The highest BCUT2D eigenvalue weighted by Gasteiger charge is 2.17. The lowest BCUT2D eigenvalue weighted by atomic mass is 9.91. The lowest BCUT2D eigenvalue weighted by Gasteiger charge is -2.14. The van der Waals surface area contributed by atoms with Gasteiger partial charge in [0.1, 0.15) is 11.2 Å². The van der Waals surface area contributed by atoms with Gasteiger partial charge in [0.2, 0.25) is 0 Å². The van der Waals surface area contributed by atoms with Crippen LogP contribution in [0.15, 0.2) is 174 Å². The van der Waals surface area contributed by atoms with Gasteiger partial charge in [-0.1, -0.05) is 127 Å². The van der Waals surface area contributed by atoms with E-state index in [0.717, 1.165) is 66.8 Å². The fraction of sp³-hybridized carbons (Fsp3) is 0. The Labute approximate surface area is 282 Å². The van der Waals surface area contributed by atoms with Crippen molar-refractivity contribution in [2.45, 2.75) is 0 Å². The van der Waals surface area contributed by atoms with Crippen LogP contribution >= 0.6 is 0 Å². The molecule has 10 aromatic rings. The van der Waals surface area contributed by atoms with E-state index in [1.54, 1.807) is 0 Å². The van der Waals surface area contributed by atoms with Crippen LogP contribution in [-0.2, 0) is 0 Å². The van der Waals surface area contributed by atoms with Crippen LogP contribution in [0.1, 0.15) is 0 Å². The highest BCUT2D eigenvalue weighted by Crippen LogP contribution is 2.39. The minimum absolute atomic E-state index is 0.835. The van der Waals surface area contributed by atoms with Crippen molar-refractivity contribution >= 4 is 54.3 Å². The van der Waals surface area contributed by atoms with Crippen LogP contribution in [0.2, 0.25) is 0 Å². The van der Waals surface area contributed by atoms with Crippen LogP contribution in [0.3, 0.4) is 0 Å². The summed E-state index contributed by atoms with van der Waals surface area (Å²) < 4.78 is 6.16. The number of hydrogen-bond donors (Lipinski definition) is 0. The maximum absolute atomic E-state index is 6.16. The van der Waals surface area contributed by atoms with Gasteiger partial charge in [-0.3, -0.25) is 4.98 Å². The molecule has 0 aliphatic heterocycles. The quantitative estimate of drug-likeness (QED) is 0.183. The summed E-state index contributed by atoms with van der Waals surface area (Å²) in [6.45, 7) is 0. The first-order valence-corrected chi connectivity index (χ1v) is 16.6. The molecule has 0 N–H and O–H groups in total. The van der Waals surface area contributed by atoms with E-state index in [2.05, 4.69) is 127 Å². The molecule has 0 spiro atoms. The lowest BCUT2D eigenvalue weighted by molar-refractivity contribution is 0.669. The topological polar surface area (TPSA) is 38.9 Å². The number of para-hydroxylation sites is 1. The van der Waals surface area contributed by atoms with Crippen molar-refractivity contribution in [3.05, 3.63) is 170 Å². The molecule has 0 fully saturated rings. The zero-order valence-corrected chi connectivity index (χ0v) is 26.5. The van der Waals surface area contributed by atoms with Gasteiger partial charge >= 0.3 is 0 Å². The first-order chi connectivity index (χ1) is 24.3. The summed E-state index contributed by atoms with van der Waals surface area (Å²) in [6, 6.07) is 57.7. The molecule has 2 aromatic heterocycles. The molecule has 0 aliphatic carbocycles. The maximum atomic E-state index is 6.16. The van der Waals surface area contributed by atoms with Gasteiger partial charge in [0.15, 0.2) is 0 Å². The van der Waals surface area contributed by atoms with Crippen LogP contribution in [0.25, 0.3) is 99.2 Å². The minimum atomic E-state index is 0.835. The Morgan fingerprint density at radius 3 is 1.63 bits per heavy atom. The molecule has 0 aliphatic rings. The number of fused-ring (bicyclic) bond motifs is 9. The molecule has 49 heavy (non-hydrogen) atoms.